The Morgan fingerprint density at radius 1 is 1.45 bits per heavy atom. The number of piperidine rings is 1. The van der Waals surface area contributed by atoms with Gasteiger partial charge in [-0.25, -0.2) is 13.2 Å². The standard InChI is InChI=1S/C13H18N2O5S2/c1-9(14-22(19,20)11-6-4-8-21-11)12(16)15-7-3-2-5-10(15)13(17)18/h4,6,8-10,14H,2-3,5,7H2,1H3,(H,17,18). The second kappa shape index (κ2) is 6.76. The minimum atomic E-state index is -3.76. The first-order valence-corrected chi connectivity index (χ1v) is 9.28. The van der Waals surface area contributed by atoms with E-state index < -0.39 is 34.0 Å². The fourth-order valence-corrected chi connectivity index (χ4v) is 4.66. The van der Waals surface area contributed by atoms with Gasteiger partial charge in [0.15, 0.2) is 0 Å². The molecule has 0 bridgehead atoms. The summed E-state index contributed by atoms with van der Waals surface area (Å²) in [6.45, 7) is 1.77. The molecule has 22 heavy (non-hydrogen) atoms. The third kappa shape index (κ3) is 3.65. The van der Waals surface area contributed by atoms with Crippen LogP contribution in [0.3, 0.4) is 0 Å². The third-order valence-electron chi connectivity index (χ3n) is 3.53. The van der Waals surface area contributed by atoms with Gasteiger partial charge in [0.2, 0.25) is 5.91 Å². The summed E-state index contributed by atoms with van der Waals surface area (Å²) in [5.74, 6) is -1.56. The molecule has 122 valence electrons. The van der Waals surface area contributed by atoms with Gasteiger partial charge in [-0.1, -0.05) is 6.07 Å². The number of hydrogen-bond acceptors (Lipinski definition) is 5. The van der Waals surface area contributed by atoms with Crippen LogP contribution in [0.1, 0.15) is 26.2 Å². The number of likely N-dealkylation sites (tertiary alicyclic amines) is 1. The zero-order valence-corrected chi connectivity index (χ0v) is 13.7. The predicted molar refractivity (Wildman–Crippen MR) is 81.1 cm³/mol. The zero-order valence-electron chi connectivity index (χ0n) is 12.1. The number of thiophene rings is 1. The second-order valence-corrected chi connectivity index (χ2v) is 8.05. The van der Waals surface area contributed by atoms with Gasteiger partial charge in [-0.3, -0.25) is 4.79 Å². The Morgan fingerprint density at radius 2 is 2.18 bits per heavy atom. The van der Waals surface area contributed by atoms with E-state index in [4.69, 9.17) is 0 Å². The third-order valence-corrected chi connectivity index (χ3v) is 6.47. The number of carbonyl (C=O) groups excluding carboxylic acids is 1. The van der Waals surface area contributed by atoms with Gasteiger partial charge in [0, 0.05) is 6.54 Å². The molecule has 2 rings (SSSR count). The highest BCUT2D eigenvalue weighted by molar-refractivity contribution is 7.91. The molecule has 0 aliphatic carbocycles. The molecule has 2 unspecified atom stereocenters. The highest BCUT2D eigenvalue weighted by Crippen LogP contribution is 2.20. The number of carboxylic acid groups (broad SMARTS) is 1. The lowest BCUT2D eigenvalue weighted by Crippen LogP contribution is -2.54. The average molecular weight is 346 g/mol. The van der Waals surface area contributed by atoms with Crippen molar-refractivity contribution in [2.75, 3.05) is 6.54 Å². The monoisotopic (exact) mass is 346 g/mol. The van der Waals surface area contributed by atoms with E-state index in [-0.39, 0.29) is 4.21 Å². The molecule has 1 aromatic rings. The summed E-state index contributed by atoms with van der Waals surface area (Å²) in [5.41, 5.74) is 0. The van der Waals surface area contributed by atoms with Crippen LogP contribution in [0.2, 0.25) is 0 Å². The minimum absolute atomic E-state index is 0.126. The molecule has 1 aromatic heterocycles. The SMILES string of the molecule is CC(NS(=O)(=O)c1cccs1)C(=O)N1CCCCC1C(=O)O. The van der Waals surface area contributed by atoms with E-state index in [0.29, 0.717) is 13.0 Å². The predicted octanol–water partition coefficient (Wildman–Crippen LogP) is 0.881. The first kappa shape index (κ1) is 16.9. The summed E-state index contributed by atoms with van der Waals surface area (Å²) in [6.07, 6.45) is 1.86. The van der Waals surface area contributed by atoms with Crippen molar-refractivity contribution in [3.63, 3.8) is 0 Å². The number of carbonyl (C=O) groups is 2. The van der Waals surface area contributed by atoms with Gasteiger partial charge in [0.25, 0.3) is 10.0 Å². The van der Waals surface area contributed by atoms with E-state index in [1.165, 1.54) is 17.9 Å². The van der Waals surface area contributed by atoms with E-state index in [9.17, 15) is 23.1 Å². The maximum atomic E-state index is 12.4. The molecule has 1 aliphatic heterocycles. The Bertz CT molecular complexity index is 641. The van der Waals surface area contributed by atoms with Crippen LogP contribution in [-0.4, -0.2) is 48.9 Å². The maximum Gasteiger partial charge on any atom is 0.326 e. The normalized spacial score (nSPS) is 20.6. The van der Waals surface area contributed by atoms with Crippen LogP contribution >= 0.6 is 11.3 Å². The molecule has 1 aliphatic rings. The molecule has 0 radical (unpaired) electrons. The van der Waals surface area contributed by atoms with Crippen LogP contribution in [0.15, 0.2) is 21.7 Å². The van der Waals surface area contributed by atoms with Crippen molar-refractivity contribution in [2.24, 2.45) is 0 Å². The van der Waals surface area contributed by atoms with Gasteiger partial charge in [-0.05, 0) is 37.6 Å². The number of nitrogens with one attached hydrogen (secondary N) is 1. The zero-order chi connectivity index (χ0) is 16.3. The fourth-order valence-electron chi connectivity index (χ4n) is 2.46. The van der Waals surface area contributed by atoms with E-state index in [2.05, 4.69) is 4.72 Å². The average Bonchev–Trinajstić information content (AvgIpc) is 3.01. The van der Waals surface area contributed by atoms with Crippen LogP contribution < -0.4 is 4.72 Å². The summed E-state index contributed by atoms with van der Waals surface area (Å²) in [7, 11) is -3.76. The van der Waals surface area contributed by atoms with E-state index >= 15 is 0 Å². The van der Waals surface area contributed by atoms with Gasteiger partial charge in [0.1, 0.15) is 10.3 Å². The Balaban J connectivity index is 2.10. The van der Waals surface area contributed by atoms with Crippen LogP contribution in [0, 0.1) is 0 Å². The molecule has 0 aromatic carbocycles. The van der Waals surface area contributed by atoms with E-state index in [1.54, 1.807) is 11.4 Å². The molecular formula is C13H18N2O5S2. The molecule has 1 fully saturated rings. The van der Waals surface area contributed by atoms with Gasteiger partial charge in [-0.15, -0.1) is 11.3 Å². The number of nitrogens with zero attached hydrogens (tertiary/aromatic N) is 1. The van der Waals surface area contributed by atoms with Gasteiger partial charge in [0.05, 0.1) is 6.04 Å². The first-order valence-electron chi connectivity index (χ1n) is 6.92. The molecule has 2 atom stereocenters. The molecule has 2 heterocycles. The highest BCUT2D eigenvalue weighted by Gasteiger charge is 2.35. The van der Waals surface area contributed by atoms with Crippen molar-refractivity contribution >= 4 is 33.2 Å². The quantitative estimate of drug-likeness (QED) is 0.824. The Morgan fingerprint density at radius 3 is 2.77 bits per heavy atom. The topological polar surface area (TPSA) is 104 Å². The molecule has 0 saturated carbocycles. The second-order valence-electron chi connectivity index (χ2n) is 5.16. The molecule has 2 N–H and O–H groups in total. The number of rotatable bonds is 5. The fraction of sp³-hybridized carbons (Fsp3) is 0.538. The smallest absolute Gasteiger partial charge is 0.326 e. The molecule has 9 heteroatoms. The summed E-state index contributed by atoms with van der Waals surface area (Å²) < 4.78 is 26.7. The Kier molecular flexibility index (Phi) is 5.20. The summed E-state index contributed by atoms with van der Waals surface area (Å²) in [4.78, 5) is 24.9. The van der Waals surface area contributed by atoms with Crippen molar-refractivity contribution in [3.05, 3.63) is 17.5 Å². The van der Waals surface area contributed by atoms with E-state index in [0.717, 1.165) is 24.2 Å². The van der Waals surface area contributed by atoms with Crippen molar-refractivity contribution in [2.45, 2.75) is 42.5 Å². The van der Waals surface area contributed by atoms with Crippen molar-refractivity contribution in [3.8, 4) is 0 Å². The highest BCUT2D eigenvalue weighted by atomic mass is 32.2. The van der Waals surface area contributed by atoms with Gasteiger partial charge >= 0.3 is 5.97 Å². The molecule has 1 amide bonds. The van der Waals surface area contributed by atoms with Crippen molar-refractivity contribution < 1.29 is 23.1 Å². The van der Waals surface area contributed by atoms with Crippen LogP contribution in [0.25, 0.3) is 0 Å². The lowest BCUT2D eigenvalue weighted by molar-refractivity contribution is -0.152. The van der Waals surface area contributed by atoms with Crippen LogP contribution in [0.4, 0.5) is 0 Å². The van der Waals surface area contributed by atoms with Gasteiger partial charge in [-0.2, -0.15) is 4.72 Å². The maximum absolute atomic E-state index is 12.4. The number of sulfonamides is 1. The van der Waals surface area contributed by atoms with Crippen molar-refractivity contribution in [1.82, 2.24) is 9.62 Å². The largest absolute Gasteiger partial charge is 0.480 e. The molecule has 7 nitrogen and oxygen atoms in total. The minimum Gasteiger partial charge on any atom is -0.480 e. The number of hydrogen-bond donors (Lipinski definition) is 2. The Hall–Kier alpha value is -1.45. The lowest BCUT2D eigenvalue weighted by atomic mass is 10.0. The summed E-state index contributed by atoms with van der Waals surface area (Å²) in [6, 6.07) is 1.17. The summed E-state index contributed by atoms with van der Waals surface area (Å²) in [5, 5.41) is 10.8. The molecule has 0 spiro atoms. The molecular weight excluding hydrogens is 328 g/mol. The van der Waals surface area contributed by atoms with Gasteiger partial charge < -0.3 is 10.0 Å². The van der Waals surface area contributed by atoms with Crippen LogP contribution in [-0.2, 0) is 19.6 Å². The number of carboxylic acids is 1. The first-order chi connectivity index (χ1) is 10.3. The van der Waals surface area contributed by atoms with Crippen molar-refractivity contribution in [1.29, 1.82) is 0 Å². The van der Waals surface area contributed by atoms with Crippen LogP contribution in [0.5, 0.6) is 0 Å². The number of amides is 1. The summed E-state index contributed by atoms with van der Waals surface area (Å²) >= 11 is 1.06. The number of aliphatic carboxylic acids is 1. The lowest BCUT2D eigenvalue weighted by Gasteiger charge is -2.34. The molecule has 1 saturated heterocycles. The Labute approximate surface area is 133 Å². The van der Waals surface area contributed by atoms with E-state index in [1.807, 2.05) is 0 Å².